The van der Waals surface area contributed by atoms with Gasteiger partial charge in [-0.3, -0.25) is 14.3 Å². The SMILES string of the molecule is Cc1nn(C)c(C)c1C(C)C(=O)N1CCN(Cc2cccc(F)c2)C(=O)C1. The summed E-state index contributed by atoms with van der Waals surface area (Å²) >= 11 is 0. The van der Waals surface area contributed by atoms with E-state index in [0.717, 1.165) is 22.5 Å². The number of aryl methyl sites for hydroxylation is 2. The standard InChI is InChI=1S/C20H25FN4O2/c1-13(19-14(2)22-23(4)15(19)3)20(27)25-9-8-24(18(26)12-25)11-16-6-5-7-17(21)10-16/h5-7,10,13H,8-9,11-12H2,1-4H3. The lowest BCUT2D eigenvalue weighted by Gasteiger charge is -2.35. The summed E-state index contributed by atoms with van der Waals surface area (Å²) in [6.45, 7) is 7.03. The molecule has 2 amide bonds. The van der Waals surface area contributed by atoms with Crippen LogP contribution in [0.5, 0.6) is 0 Å². The second-order valence-corrected chi connectivity index (χ2v) is 7.13. The van der Waals surface area contributed by atoms with Crippen LogP contribution in [-0.4, -0.2) is 51.0 Å². The lowest BCUT2D eigenvalue weighted by Crippen LogP contribution is -2.52. The molecule has 0 saturated carbocycles. The Morgan fingerprint density at radius 3 is 2.63 bits per heavy atom. The van der Waals surface area contributed by atoms with Crippen LogP contribution in [0.4, 0.5) is 4.39 Å². The molecule has 0 spiro atoms. The van der Waals surface area contributed by atoms with Crippen LogP contribution in [0, 0.1) is 19.7 Å². The Morgan fingerprint density at radius 2 is 2.04 bits per heavy atom. The molecule has 144 valence electrons. The molecule has 1 atom stereocenters. The van der Waals surface area contributed by atoms with E-state index in [1.165, 1.54) is 12.1 Å². The van der Waals surface area contributed by atoms with Crippen molar-refractivity contribution in [1.82, 2.24) is 19.6 Å². The Balaban J connectivity index is 1.66. The van der Waals surface area contributed by atoms with E-state index < -0.39 is 0 Å². The van der Waals surface area contributed by atoms with E-state index in [9.17, 15) is 14.0 Å². The first kappa shape index (κ1) is 19.1. The van der Waals surface area contributed by atoms with Crippen molar-refractivity contribution in [3.05, 3.63) is 52.6 Å². The van der Waals surface area contributed by atoms with Gasteiger partial charge in [-0.05, 0) is 38.5 Å². The van der Waals surface area contributed by atoms with Crippen LogP contribution in [0.15, 0.2) is 24.3 Å². The molecule has 0 aliphatic carbocycles. The summed E-state index contributed by atoms with van der Waals surface area (Å²) in [5.74, 6) is -0.843. The number of benzene rings is 1. The van der Waals surface area contributed by atoms with E-state index >= 15 is 0 Å². The van der Waals surface area contributed by atoms with Crippen LogP contribution >= 0.6 is 0 Å². The van der Waals surface area contributed by atoms with Crippen LogP contribution < -0.4 is 0 Å². The molecule has 2 aromatic rings. The van der Waals surface area contributed by atoms with Crippen molar-refractivity contribution in [1.29, 1.82) is 0 Å². The van der Waals surface area contributed by atoms with Crippen molar-refractivity contribution < 1.29 is 14.0 Å². The number of hydrogen-bond donors (Lipinski definition) is 0. The van der Waals surface area contributed by atoms with Crippen molar-refractivity contribution in [2.24, 2.45) is 7.05 Å². The summed E-state index contributed by atoms with van der Waals surface area (Å²) in [4.78, 5) is 28.7. The van der Waals surface area contributed by atoms with Gasteiger partial charge < -0.3 is 9.80 Å². The maximum absolute atomic E-state index is 13.3. The maximum atomic E-state index is 13.3. The Hall–Kier alpha value is -2.70. The summed E-state index contributed by atoms with van der Waals surface area (Å²) < 4.78 is 15.1. The molecule has 27 heavy (non-hydrogen) atoms. The van der Waals surface area contributed by atoms with Gasteiger partial charge in [-0.15, -0.1) is 0 Å². The fraction of sp³-hybridized carbons (Fsp3) is 0.450. The second-order valence-electron chi connectivity index (χ2n) is 7.13. The molecule has 0 radical (unpaired) electrons. The van der Waals surface area contributed by atoms with Gasteiger partial charge in [-0.2, -0.15) is 5.10 Å². The van der Waals surface area contributed by atoms with Gasteiger partial charge in [0, 0.05) is 37.9 Å². The van der Waals surface area contributed by atoms with Gasteiger partial charge in [0.1, 0.15) is 5.82 Å². The third-order valence-electron chi connectivity index (χ3n) is 5.26. The number of halogens is 1. The van der Waals surface area contributed by atoms with Crippen molar-refractivity contribution >= 4 is 11.8 Å². The molecule has 1 saturated heterocycles. The molecule has 1 aromatic carbocycles. The Morgan fingerprint density at radius 1 is 1.30 bits per heavy atom. The first-order valence-corrected chi connectivity index (χ1v) is 9.09. The summed E-state index contributed by atoms with van der Waals surface area (Å²) in [6.07, 6.45) is 0. The Kier molecular flexibility index (Phi) is 5.30. The largest absolute Gasteiger partial charge is 0.335 e. The minimum Gasteiger partial charge on any atom is -0.335 e. The lowest BCUT2D eigenvalue weighted by molar-refractivity contribution is -0.146. The zero-order chi connectivity index (χ0) is 19.7. The van der Waals surface area contributed by atoms with Gasteiger partial charge in [0.15, 0.2) is 0 Å². The number of hydrogen-bond acceptors (Lipinski definition) is 3. The van der Waals surface area contributed by atoms with Gasteiger partial charge in [-0.1, -0.05) is 12.1 Å². The molecule has 1 aliphatic rings. The van der Waals surface area contributed by atoms with E-state index in [0.29, 0.717) is 19.6 Å². The number of amides is 2. The smallest absolute Gasteiger partial charge is 0.242 e. The van der Waals surface area contributed by atoms with Crippen LogP contribution in [0.1, 0.15) is 35.4 Å². The van der Waals surface area contributed by atoms with Crippen LogP contribution in [-0.2, 0) is 23.2 Å². The zero-order valence-corrected chi connectivity index (χ0v) is 16.2. The van der Waals surface area contributed by atoms with Crippen LogP contribution in [0.2, 0.25) is 0 Å². The van der Waals surface area contributed by atoms with Crippen molar-refractivity contribution in [3.63, 3.8) is 0 Å². The first-order valence-electron chi connectivity index (χ1n) is 9.09. The third kappa shape index (κ3) is 3.86. The van der Waals surface area contributed by atoms with Crippen molar-refractivity contribution in [3.8, 4) is 0 Å². The number of aromatic nitrogens is 2. The molecule has 1 unspecified atom stereocenters. The molecule has 6 nitrogen and oxygen atoms in total. The molecule has 1 aliphatic heterocycles. The third-order valence-corrected chi connectivity index (χ3v) is 5.26. The highest BCUT2D eigenvalue weighted by Crippen LogP contribution is 2.25. The molecular weight excluding hydrogens is 347 g/mol. The average molecular weight is 372 g/mol. The number of carbonyl (C=O) groups is 2. The van der Waals surface area contributed by atoms with E-state index in [1.807, 2.05) is 27.8 Å². The molecule has 3 rings (SSSR count). The Labute approximate surface area is 158 Å². The van der Waals surface area contributed by atoms with Gasteiger partial charge in [0.2, 0.25) is 11.8 Å². The highest BCUT2D eigenvalue weighted by molar-refractivity contribution is 5.89. The predicted octanol–water partition coefficient (Wildman–Crippen LogP) is 2.15. The molecule has 2 heterocycles. The molecule has 1 fully saturated rings. The molecule has 1 aromatic heterocycles. The predicted molar refractivity (Wildman–Crippen MR) is 99.5 cm³/mol. The summed E-state index contributed by atoms with van der Waals surface area (Å²) in [7, 11) is 1.86. The zero-order valence-electron chi connectivity index (χ0n) is 16.2. The van der Waals surface area contributed by atoms with Gasteiger partial charge in [0.05, 0.1) is 18.2 Å². The summed E-state index contributed by atoms with van der Waals surface area (Å²) in [5.41, 5.74) is 3.48. The molecule has 0 bridgehead atoms. The van der Waals surface area contributed by atoms with E-state index in [2.05, 4.69) is 5.10 Å². The quantitative estimate of drug-likeness (QED) is 0.826. The fourth-order valence-electron chi connectivity index (χ4n) is 3.73. The van der Waals surface area contributed by atoms with Crippen LogP contribution in [0.25, 0.3) is 0 Å². The Bertz CT molecular complexity index is 877. The fourth-order valence-corrected chi connectivity index (χ4v) is 3.73. The van der Waals surface area contributed by atoms with Crippen molar-refractivity contribution in [2.45, 2.75) is 33.2 Å². The minimum atomic E-state index is -0.346. The average Bonchev–Trinajstić information content (AvgIpc) is 2.87. The van der Waals surface area contributed by atoms with Gasteiger partial charge in [-0.25, -0.2) is 4.39 Å². The number of carbonyl (C=O) groups excluding carboxylic acids is 2. The number of rotatable bonds is 4. The highest BCUT2D eigenvalue weighted by Gasteiger charge is 2.32. The van der Waals surface area contributed by atoms with E-state index in [1.54, 1.807) is 26.6 Å². The molecule has 7 heteroatoms. The second kappa shape index (κ2) is 7.50. The lowest BCUT2D eigenvalue weighted by atomic mass is 9.97. The van der Waals surface area contributed by atoms with E-state index in [-0.39, 0.29) is 30.1 Å². The monoisotopic (exact) mass is 372 g/mol. The topological polar surface area (TPSA) is 58.4 Å². The molecular formula is C20H25FN4O2. The maximum Gasteiger partial charge on any atom is 0.242 e. The number of piperazine rings is 1. The first-order chi connectivity index (χ1) is 12.8. The number of nitrogens with zero attached hydrogens (tertiary/aromatic N) is 4. The molecule has 0 N–H and O–H groups in total. The summed E-state index contributed by atoms with van der Waals surface area (Å²) in [5, 5.41) is 4.38. The van der Waals surface area contributed by atoms with E-state index in [4.69, 9.17) is 0 Å². The normalized spacial score (nSPS) is 16.0. The van der Waals surface area contributed by atoms with Crippen LogP contribution in [0.3, 0.4) is 0 Å². The highest BCUT2D eigenvalue weighted by atomic mass is 19.1. The van der Waals surface area contributed by atoms with Gasteiger partial charge in [0.25, 0.3) is 0 Å². The minimum absolute atomic E-state index is 0.0524. The van der Waals surface area contributed by atoms with Crippen molar-refractivity contribution in [2.75, 3.05) is 19.6 Å². The van der Waals surface area contributed by atoms with Gasteiger partial charge >= 0.3 is 0 Å². The summed E-state index contributed by atoms with van der Waals surface area (Å²) in [6, 6.07) is 6.24.